The van der Waals surface area contributed by atoms with Gasteiger partial charge in [-0.1, -0.05) is 12.8 Å². The first kappa shape index (κ1) is 11.3. The van der Waals surface area contributed by atoms with Gasteiger partial charge < -0.3 is 0 Å². The summed E-state index contributed by atoms with van der Waals surface area (Å²) in [5.74, 6) is 1.27. The number of hydrogen-bond donors (Lipinski definition) is 1. The zero-order valence-corrected chi connectivity index (χ0v) is 9.37. The van der Waals surface area contributed by atoms with Crippen molar-refractivity contribution in [3.05, 3.63) is 0 Å². The van der Waals surface area contributed by atoms with Crippen molar-refractivity contribution in [1.29, 1.82) is 0 Å². The van der Waals surface area contributed by atoms with Crippen molar-refractivity contribution < 1.29 is 4.84 Å². The first-order valence-corrected chi connectivity index (χ1v) is 6.70. The van der Waals surface area contributed by atoms with Crippen LogP contribution in [0.5, 0.6) is 0 Å². The van der Waals surface area contributed by atoms with Crippen molar-refractivity contribution in [3.8, 4) is 0 Å². The maximum atomic E-state index is 5.53. The molecule has 0 atom stereocenters. The van der Waals surface area contributed by atoms with Crippen molar-refractivity contribution in [2.45, 2.75) is 44.6 Å². The highest BCUT2D eigenvalue weighted by atomic mass is 32.2. The van der Waals surface area contributed by atoms with E-state index in [1.54, 1.807) is 0 Å². The smallest absolute Gasteiger partial charge is 0.0790 e. The third kappa shape index (κ3) is 5.55. The van der Waals surface area contributed by atoms with Gasteiger partial charge >= 0.3 is 0 Å². The van der Waals surface area contributed by atoms with E-state index in [9.17, 15) is 0 Å². The van der Waals surface area contributed by atoms with Gasteiger partial charge in [0.2, 0.25) is 0 Å². The number of nitrogens with one attached hydrogen (secondary N) is 1. The number of hydroxylamine groups is 1. The Hall–Kier alpha value is 0.270. The van der Waals surface area contributed by atoms with Gasteiger partial charge in [-0.15, -0.1) is 0 Å². The third-order valence-corrected chi connectivity index (χ3v) is 3.13. The zero-order chi connectivity index (χ0) is 9.36. The van der Waals surface area contributed by atoms with Gasteiger partial charge in [0, 0.05) is 6.54 Å². The highest BCUT2D eigenvalue weighted by Gasteiger charge is 2.14. The molecular formula is C10H21NOS. The highest BCUT2D eigenvalue weighted by Crippen LogP contribution is 2.19. The molecule has 0 amide bonds. The lowest BCUT2D eigenvalue weighted by atomic mass is 10.3. The van der Waals surface area contributed by atoms with Crippen LogP contribution in [0.1, 0.15) is 38.5 Å². The fourth-order valence-electron chi connectivity index (χ4n) is 1.63. The second kappa shape index (κ2) is 7.65. The van der Waals surface area contributed by atoms with Gasteiger partial charge in [-0.2, -0.15) is 11.8 Å². The molecule has 1 N–H and O–H groups in total. The molecule has 1 rings (SSSR count). The summed E-state index contributed by atoms with van der Waals surface area (Å²) in [7, 11) is 0. The molecule has 2 nitrogen and oxygen atoms in total. The van der Waals surface area contributed by atoms with Gasteiger partial charge in [-0.3, -0.25) is 4.84 Å². The number of hydrogen-bond acceptors (Lipinski definition) is 3. The molecule has 3 heteroatoms. The number of thioether (sulfide) groups is 1. The minimum Gasteiger partial charge on any atom is -0.299 e. The van der Waals surface area contributed by atoms with Gasteiger partial charge in [-0.25, -0.2) is 5.48 Å². The summed E-state index contributed by atoms with van der Waals surface area (Å²) in [5.41, 5.74) is 3.08. The summed E-state index contributed by atoms with van der Waals surface area (Å²) in [5, 5.41) is 0. The van der Waals surface area contributed by atoms with Crippen LogP contribution in [0.15, 0.2) is 0 Å². The Kier molecular flexibility index (Phi) is 6.68. The molecule has 1 fully saturated rings. The summed E-state index contributed by atoms with van der Waals surface area (Å²) in [6.07, 6.45) is 10.4. The Morgan fingerprint density at radius 2 is 2.08 bits per heavy atom. The molecule has 0 radical (unpaired) electrons. The molecule has 0 spiro atoms. The fraction of sp³-hybridized carbons (Fsp3) is 1.00. The second-order valence-electron chi connectivity index (χ2n) is 3.62. The van der Waals surface area contributed by atoms with Crippen LogP contribution >= 0.6 is 11.8 Å². The monoisotopic (exact) mass is 203 g/mol. The largest absolute Gasteiger partial charge is 0.299 e. The predicted molar refractivity (Wildman–Crippen MR) is 59.0 cm³/mol. The quantitative estimate of drug-likeness (QED) is 0.507. The topological polar surface area (TPSA) is 21.3 Å². The molecule has 0 aromatic carbocycles. The highest BCUT2D eigenvalue weighted by molar-refractivity contribution is 7.98. The maximum Gasteiger partial charge on any atom is 0.0790 e. The van der Waals surface area contributed by atoms with E-state index < -0.39 is 0 Å². The molecule has 78 valence electrons. The second-order valence-corrected chi connectivity index (χ2v) is 4.60. The Morgan fingerprint density at radius 1 is 1.31 bits per heavy atom. The van der Waals surface area contributed by atoms with Crippen molar-refractivity contribution in [1.82, 2.24) is 5.48 Å². The molecule has 0 bridgehead atoms. The van der Waals surface area contributed by atoms with Gasteiger partial charge in [0.25, 0.3) is 0 Å². The van der Waals surface area contributed by atoms with E-state index in [-0.39, 0.29) is 0 Å². The molecule has 0 aliphatic heterocycles. The van der Waals surface area contributed by atoms with Gasteiger partial charge in [0.05, 0.1) is 6.10 Å². The van der Waals surface area contributed by atoms with Crippen LogP contribution in [0.3, 0.4) is 0 Å². The standard InChI is InChI=1S/C10H21NOS/c1-13-9-5-4-8-11-12-10-6-2-3-7-10/h10-11H,2-9H2,1H3. The van der Waals surface area contributed by atoms with E-state index in [1.165, 1.54) is 44.3 Å². The van der Waals surface area contributed by atoms with Crippen molar-refractivity contribution >= 4 is 11.8 Å². The van der Waals surface area contributed by atoms with Crippen LogP contribution in [0.25, 0.3) is 0 Å². The summed E-state index contributed by atoms with van der Waals surface area (Å²) < 4.78 is 0. The minimum absolute atomic E-state index is 0.501. The summed E-state index contributed by atoms with van der Waals surface area (Å²) in [6, 6.07) is 0. The molecule has 13 heavy (non-hydrogen) atoms. The van der Waals surface area contributed by atoms with Crippen molar-refractivity contribution in [2.24, 2.45) is 0 Å². The van der Waals surface area contributed by atoms with Gasteiger partial charge in [-0.05, 0) is 37.7 Å². The molecule has 0 aromatic rings. The number of rotatable bonds is 7. The zero-order valence-electron chi connectivity index (χ0n) is 8.55. The molecule has 0 aromatic heterocycles. The van der Waals surface area contributed by atoms with E-state index in [0.29, 0.717) is 6.10 Å². The van der Waals surface area contributed by atoms with Crippen LogP contribution in [0.2, 0.25) is 0 Å². The van der Waals surface area contributed by atoms with E-state index in [4.69, 9.17) is 4.84 Å². The number of unbranched alkanes of at least 4 members (excludes halogenated alkanes) is 1. The van der Waals surface area contributed by atoms with Crippen LogP contribution in [-0.2, 0) is 4.84 Å². The Bertz CT molecular complexity index is 115. The SMILES string of the molecule is CSCCCCNOC1CCCC1. The average molecular weight is 203 g/mol. The average Bonchev–Trinajstić information content (AvgIpc) is 2.63. The Labute approximate surface area is 85.8 Å². The normalized spacial score (nSPS) is 18.2. The predicted octanol–water partition coefficient (Wildman–Crippen LogP) is 2.59. The summed E-state index contributed by atoms with van der Waals surface area (Å²) in [4.78, 5) is 5.53. The van der Waals surface area contributed by atoms with Crippen LogP contribution in [0.4, 0.5) is 0 Å². The minimum atomic E-state index is 0.501. The Balaban J connectivity index is 1.78. The van der Waals surface area contributed by atoms with Gasteiger partial charge in [0.15, 0.2) is 0 Å². The summed E-state index contributed by atoms with van der Waals surface area (Å²) in [6.45, 7) is 1.01. The lowest BCUT2D eigenvalue weighted by molar-refractivity contribution is -0.0207. The lowest BCUT2D eigenvalue weighted by Gasteiger charge is -2.10. The van der Waals surface area contributed by atoms with Crippen molar-refractivity contribution in [2.75, 3.05) is 18.6 Å². The first-order valence-electron chi connectivity index (χ1n) is 5.31. The van der Waals surface area contributed by atoms with Crippen molar-refractivity contribution in [3.63, 3.8) is 0 Å². The molecule has 0 unspecified atom stereocenters. The van der Waals surface area contributed by atoms with E-state index >= 15 is 0 Å². The van der Waals surface area contributed by atoms with E-state index in [1.807, 2.05) is 11.8 Å². The first-order chi connectivity index (χ1) is 6.43. The van der Waals surface area contributed by atoms with E-state index in [0.717, 1.165) is 6.54 Å². The third-order valence-electron chi connectivity index (χ3n) is 2.43. The molecule has 0 saturated heterocycles. The Morgan fingerprint density at radius 3 is 2.77 bits per heavy atom. The molecule has 1 aliphatic rings. The summed E-state index contributed by atoms with van der Waals surface area (Å²) >= 11 is 1.92. The maximum absolute atomic E-state index is 5.53. The van der Waals surface area contributed by atoms with Gasteiger partial charge in [0.1, 0.15) is 0 Å². The molecular weight excluding hydrogens is 182 g/mol. The van der Waals surface area contributed by atoms with Crippen LogP contribution in [0, 0.1) is 0 Å². The van der Waals surface area contributed by atoms with Crippen LogP contribution < -0.4 is 5.48 Å². The fourth-order valence-corrected chi connectivity index (χ4v) is 2.12. The molecule has 1 aliphatic carbocycles. The lowest BCUT2D eigenvalue weighted by Crippen LogP contribution is -2.22. The molecule has 0 heterocycles. The van der Waals surface area contributed by atoms with E-state index in [2.05, 4.69) is 11.7 Å². The molecule has 1 saturated carbocycles. The van der Waals surface area contributed by atoms with Crippen LogP contribution in [-0.4, -0.2) is 24.7 Å².